The van der Waals surface area contributed by atoms with Crippen molar-refractivity contribution in [2.24, 2.45) is 0 Å². The molecule has 2 rings (SSSR count). The van der Waals surface area contributed by atoms with Crippen molar-refractivity contribution in [2.45, 2.75) is 38.5 Å². The Labute approximate surface area is 116 Å². The Morgan fingerprint density at radius 2 is 2.00 bits per heavy atom. The Hall–Kier alpha value is -1.30. The second-order valence-corrected chi connectivity index (χ2v) is 5.04. The normalized spacial score (nSPS) is 18.2. The van der Waals surface area contributed by atoms with Crippen LogP contribution in [0.5, 0.6) is 5.88 Å². The minimum atomic E-state index is -4.35. The molecule has 0 N–H and O–H groups in total. The molecule has 0 unspecified atom stereocenters. The van der Waals surface area contributed by atoms with Crippen LogP contribution in [0.25, 0.3) is 0 Å². The maximum absolute atomic E-state index is 12.4. The maximum atomic E-state index is 12.4. The molecule has 0 amide bonds. The molecule has 6 heteroatoms. The van der Waals surface area contributed by atoms with E-state index in [4.69, 9.17) is 4.74 Å². The quantitative estimate of drug-likeness (QED) is 0.849. The molecular formula is C14H19F3N2O. The van der Waals surface area contributed by atoms with Crippen molar-refractivity contribution in [3.8, 4) is 5.88 Å². The van der Waals surface area contributed by atoms with Crippen molar-refractivity contribution >= 4 is 0 Å². The summed E-state index contributed by atoms with van der Waals surface area (Å²) in [7, 11) is 0. The van der Waals surface area contributed by atoms with E-state index in [0.717, 1.165) is 51.2 Å². The topological polar surface area (TPSA) is 25.4 Å². The van der Waals surface area contributed by atoms with Gasteiger partial charge in [0.15, 0.2) is 0 Å². The highest BCUT2D eigenvalue weighted by Crippen LogP contribution is 2.29. The molecule has 0 saturated carbocycles. The SMILES string of the molecule is CCCN1CCC(Oc2ccc(C(F)(F)F)cn2)CC1. The van der Waals surface area contributed by atoms with Gasteiger partial charge < -0.3 is 9.64 Å². The van der Waals surface area contributed by atoms with Crippen molar-refractivity contribution in [1.82, 2.24) is 9.88 Å². The van der Waals surface area contributed by atoms with Gasteiger partial charge in [0.05, 0.1) is 5.56 Å². The van der Waals surface area contributed by atoms with Crippen LogP contribution in [0.4, 0.5) is 13.2 Å². The van der Waals surface area contributed by atoms with E-state index < -0.39 is 11.7 Å². The molecule has 1 aromatic heterocycles. The van der Waals surface area contributed by atoms with Crippen LogP contribution in [0.1, 0.15) is 31.7 Å². The molecule has 0 aliphatic carbocycles. The van der Waals surface area contributed by atoms with Crippen LogP contribution in [0.2, 0.25) is 0 Å². The zero-order chi connectivity index (χ0) is 14.6. The van der Waals surface area contributed by atoms with Crippen molar-refractivity contribution in [1.29, 1.82) is 0 Å². The number of halogens is 3. The first-order valence-electron chi connectivity index (χ1n) is 6.91. The van der Waals surface area contributed by atoms with E-state index in [9.17, 15) is 13.2 Å². The lowest BCUT2D eigenvalue weighted by atomic mass is 10.1. The van der Waals surface area contributed by atoms with E-state index in [1.165, 1.54) is 6.07 Å². The molecule has 0 radical (unpaired) electrons. The molecule has 0 aromatic carbocycles. The summed E-state index contributed by atoms with van der Waals surface area (Å²) in [6.07, 6.45) is -0.567. The highest BCUT2D eigenvalue weighted by molar-refractivity contribution is 5.20. The van der Waals surface area contributed by atoms with Gasteiger partial charge in [0.25, 0.3) is 0 Å². The predicted molar refractivity (Wildman–Crippen MR) is 69.6 cm³/mol. The number of ether oxygens (including phenoxy) is 1. The van der Waals surface area contributed by atoms with Crippen LogP contribution in [0.15, 0.2) is 18.3 Å². The van der Waals surface area contributed by atoms with E-state index in [0.29, 0.717) is 0 Å². The number of pyridine rings is 1. The number of alkyl halides is 3. The maximum Gasteiger partial charge on any atom is 0.417 e. The predicted octanol–water partition coefficient (Wildman–Crippen LogP) is 3.35. The number of nitrogens with zero attached hydrogens (tertiary/aromatic N) is 2. The summed E-state index contributed by atoms with van der Waals surface area (Å²) >= 11 is 0. The zero-order valence-corrected chi connectivity index (χ0v) is 11.5. The van der Waals surface area contributed by atoms with Gasteiger partial charge in [0.2, 0.25) is 5.88 Å². The Bertz CT molecular complexity index is 411. The average Bonchev–Trinajstić information content (AvgIpc) is 2.41. The summed E-state index contributed by atoms with van der Waals surface area (Å²) < 4.78 is 42.9. The number of likely N-dealkylation sites (tertiary alicyclic amines) is 1. The molecule has 3 nitrogen and oxygen atoms in total. The van der Waals surface area contributed by atoms with Crippen LogP contribution in [-0.4, -0.2) is 35.6 Å². The molecule has 2 heterocycles. The van der Waals surface area contributed by atoms with Crippen LogP contribution in [0.3, 0.4) is 0 Å². The lowest BCUT2D eigenvalue weighted by Crippen LogP contribution is -2.38. The molecule has 0 bridgehead atoms. The van der Waals surface area contributed by atoms with Gasteiger partial charge in [-0.2, -0.15) is 13.2 Å². The minimum Gasteiger partial charge on any atom is -0.474 e. The molecule has 112 valence electrons. The summed E-state index contributed by atoms with van der Waals surface area (Å²) in [6.45, 7) is 5.18. The Morgan fingerprint density at radius 3 is 2.50 bits per heavy atom. The lowest BCUT2D eigenvalue weighted by Gasteiger charge is -2.31. The van der Waals surface area contributed by atoms with Gasteiger partial charge in [0.1, 0.15) is 6.10 Å². The fourth-order valence-corrected chi connectivity index (χ4v) is 2.36. The van der Waals surface area contributed by atoms with Crippen LogP contribution in [-0.2, 0) is 6.18 Å². The number of hydrogen-bond donors (Lipinski definition) is 0. The van der Waals surface area contributed by atoms with Crippen molar-refractivity contribution in [3.05, 3.63) is 23.9 Å². The van der Waals surface area contributed by atoms with Crippen LogP contribution >= 0.6 is 0 Å². The first kappa shape index (κ1) is 15.1. The largest absolute Gasteiger partial charge is 0.474 e. The first-order chi connectivity index (χ1) is 9.49. The summed E-state index contributed by atoms with van der Waals surface area (Å²) in [5.74, 6) is 0.270. The lowest BCUT2D eigenvalue weighted by molar-refractivity contribution is -0.137. The number of rotatable bonds is 4. The number of hydrogen-bond acceptors (Lipinski definition) is 3. The van der Waals surface area contributed by atoms with E-state index in [2.05, 4.69) is 16.8 Å². The van der Waals surface area contributed by atoms with E-state index >= 15 is 0 Å². The Morgan fingerprint density at radius 1 is 1.30 bits per heavy atom. The molecule has 1 aliphatic rings. The van der Waals surface area contributed by atoms with E-state index in [-0.39, 0.29) is 12.0 Å². The summed E-state index contributed by atoms with van der Waals surface area (Å²) in [4.78, 5) is 6.11. The molecule has 1 saturated heterocycles. The second-order valence-electron chi connectivity index (χ2n) is 5.04. The van der Waals surface area contributed by atoms with Gasteiger partial charge in [-0.3, -0.25) is 0 Å². The molecule has 1 aromatic rings. The minimum absolute atomic E-state index is 0.0485. The van der Waals surface area contributed by atoms with Gasteiger partial charge in [-0.1, -0.05) is 6.92 Å². The fourth-order valence-electron chi connectivity index (χ4n) is 2.36. The van der Waals surface area contributed by atoms with Gasteiger partial charge in [0, 0.05) is 25.4 Å². The molecular weight excluding hydrogens is 269 g/mol. The number of aromatic nitrogens is 1. The van der Waals surface area contributed by atoms with Crippen molar-refractivity contribution < 1.29 is 17.9 Å². The second kappa shape index (κ2) is 6.43. The van der Waals surface area contributed by atoms with E-state index in [1.54, 1.807) is 0 Å². The Kier molecular flexibility index (Phi) is 4.86. The zero-order valence-electron chi connectivity index (χ0n) is 11.5. The third-order valence-corrected chi connectivity index (χ3v) is 3.43. The molecule has 0 spiro atoms. The summed E-state index contributed by atoms with van der Waals surface area (Å²) in [6, 6.07) is 2.30. The summed E-state index contributed by atoms with van der Waals surface area (Å²) in [5.41, 5.74) is -0.748. The van der Waals surface area contributed by atoms with Gasteiger partial charge in [-0.25, -0.2) is 4.98 Å². The third kappa shape index (κ3) is 4.10. The Balaban J connectivity index is 1.85. The average molecular weight is 288 g/mol. The summed E-state index contributed by atoms with van der Waals surface area (Å²) in [5, 5.41) is 0. The highest BCUT2D eigenvalue weighted by atomic mass is 19.4. The molecule has 1 fully saturated rings. The molecule has 0 atom stereocenters. The molecule has 1 aliphatic heterocycles. The third-order valence-electron chi connectivity index (χ3n) is 3.43. The van der Waals surface area contributed by atoms with Gasteiger partial charge in [-0.15, -0.1) is 0 Å². The standard InChI is InChI=1S/C14H19F3N2O/c1-2-7-19-8-5-12(6-9-19)20-13-4-3-11(10-18-13)14(15,16)17/h3-4,10,12H,2,5-9H2,1H3. The highest BCUT2D eigenvalue weighted by Gasteiger charge is 2.31. The van der Waals surface area contributed by atoms with Crippen LogP contribution in [0, 0.1) is 0 Å². The number of piperidine rings is 1. The van der Waals surface area contributed by atoms with Gasteiger partial charge in [-0.05, 0) is 31.9 Å². The van der Waals surface area contributed by atoms with Gasteiger partial charge >= 0.3 is 6.18 Å². The fraction of sp³-hybridized carbons (Fsp3) is 0.643. The van der Waals surface area contributed by atoms with Crippen LogP contribution < -0.4 is 4.74 Å². The van der Waals surface area contributed by atoms with E-state index in [1.807, 2.05) is 0 Å². The van der Waals surface area contributed by atoms with Crippen molar-refractivity contribution in [2.75, 3.05) is 19.6 Å². The molecule has 20 heavy (non-hydrogen) atoms. The monoisotopic (exact) mass is 288 g/mol. The van der Waals surface area contributed by atoms with Crippen molar-refractivity contribution in [3.63, 3.8) is 0 Å². The first-order valence-corrected chi connectivity index (χ1v) is 6.91. The smallest absolute Gasteiger partial charge is 0.417 e.